The summed E-state index contributed by atoms with van der Waals surface area (Å²) >= 11 is 0. The third-order valence-electron chi connectivity index (χ3n) is 6.86. The summed E-state index contributed by atoms with van der Waals surface area (Å²) in [6, 6.07) is 0.697. The summed E-state index contributed by atoms with van der Waals surface area (Å²) in [6.07, 6.45) is 11.8. The Bertz CT molecular complexity index is 397. The van der Waals surface area contributed by atoms with E-state index in [9.17, 15) is 4.79 Å². The van der Waals surface area contributed by atoms with Crippen molar-refractivity contribution in [2.24, 2.45) is 23.7 Å². The van der Waals surface area contributed by atoms with Gasteiger partial charge in [0.1, 0.15) is 0 Å². The lowest BCUT2D eigenvalue weighted by Crippen LogP contribution is -2.49. The number of carbonyl (C=O) groups is 1. The molecule has 2 saturated heterocycles. The van der Waals surface area contributed by atoms with Crippen molar-refractivity contribution in [1.82, 2.24) is 10.2 Å². The minimum atomic E-state index is 0.357. The largest absolute Gasteiger partial charge is 0.342 e. The van der Waals surface area contributed by atoms with Crippen LogP contribution in [-0.2, 0) is 4.79 Å². The summed E-state index contributed by atoms with van der Waals surface area (Å²) in [7, 11) is 0. The Morgan fingerprint density at radius 2 is 1.76 bits per heavy atom. The monoisotopic (exact) mass is 290 g/mol. The molecule has 0 radical (unpaired) electrons. The molecule has 1 amide bonds. The smallest absolute Gasteiger partial charge is 0.225 e. The molecule has 2 heterocycles. The number of hydrogen-bond donors (Lipinski definition) is 1. The molecule has 1 N–H and O–H groups in total. The first-order chi connectivity index (χ1) is 10.3. The normalized spacial score (nSPS) is 43.2. The fourth-order valence-corrected chi connectivity index (χ4v) is 5.60. The molecular formula is C18H30N2O. The van der Waals surface area contributed by atoms with Crippen molar-refractivity contribution in [2.75, 3.05) is 19.6 Å². The minimum Gasteiger partial charge on any atom is -0.342 e. The van der Waals surface area contributed by atoms with Crippen LogP contribution >= 0.6 is 0 Å². The van der Waals surface area contributed by atoms with Crippen LogP contribution in [0.25, 0.3) is 0 Å². The van der Waals surface area contributed by atoms with Crippen molar-refractivity contribution in [3.8, 4) is 0 Å². The Morgan fingerprint density at radius 3 is 2.67 bits per heavy atom. The molecule has 2 saturated carbocycles. The molecule has 4 aliphatic rings. The minimum absolute atomic E-state index is 0.357. The Morgan fingerprint density at radius 1 is 0.905 bits per heavy atom. The second kappa shape index (κ2) is 5.91. The van der Waals surface area contributed by atoms with Crippen molar-refractivity contribution in [2.45, 2.75) is 63.8 Å². The van der Waals surface area contributed by atoms with Gasteiger partial charge in [-0.3, -0.25) is 4.79 Å². The van der Waals surface area contributed by atoms with Gasteiger partial charge in [-0.25, -0.2) is 0 Å². The van der Waals surface area contributed by atoms with Gasteiger partial charge in [-0.05, 0) is 56.4 Å². The number of likely N-dealkylation sites (tertiary alicyclic amines) is 1. The molecule has 0 bridgehead atoms. The summed E-state index contributed by atoms with van der Waals surface area (Å²) < 4.78 is 0. The number of nitrogens with one attached hydrogen (secondary N) is 1. The van der Waals surface area contributed by atoms with E-state index in [-0.39, 0.29) is 0 Å². The third kappa shape index (κ3) is 2.74. The molecule has 5 unspecified atom stereocenters. The molecule has 2 aliphatic heterocycles. The van der Waals surface area contributed by atoms with Gasteiger partial charge < -0.3 is 10.2 Å². The Balaban J connectivity index is 1.36. The molecule has 118 valence electrons. The van der Waals surface area contributed by atoms with Crippen LogP contribution in [0.4, 0.5) is 0 Å². The van der Waals surface area contributed by atoms with Crippen LogP contribution in [0.3, 0.4) is 0 Å². The average Bonchev–Trinajstić information content (AvgIpc) is 3.01. The standard InChI is InChI=1S/C18H30N2O/c21-18(20-10-8-17-16(12-20)7-9-19-17)15-6-5-13-3-1-2-4-14(13)11-15/h13-17,19H,1-12H2. The van der Waals surface area contributed by atoms with Gasteiger partial charge in [0.05, 0.1) is 0 Å². The molecule has 0 aromatic carbocycles. The molecular weight excluding hydrogens is 260 g/mol. The first-order valence-electron chi connectivity index (χ1n) is 9.33. The van der Waals surface area contributed by atoms with E-state index in [1.165, 1.54) is 57.8 Å². The van der Waals surface area contributed by atoms with Crippen LogP contribution in [0.15, 0.2) is 0 Å². The van der Waals surface area contributed by atoms with Crippen LogP contribution in [0, 0.1) is 23.7 Å². The van der Waals surface area contributed by atoms with Gasteiger partial charge in [0.2, 0.25) is 5.91 Å². The highest BCUT2D eigenvalue weighted by Gasteiger charge is 2.39. The van der Waals surface area contributed by atoms with E-state index >= 15 is 0 Å². The molecule has 3 heteroatoms. The predicted molar refractivity (Wildman–Crippen MR) is 83.9 cm³/mol. The highest BCUT2D eigenvalue weighted by molar-refractivity contribution is 5.79. The number of nitrogens with zero attached hydrogens (tertiary/aromatic N) is 1. The summed E-state index contributed by atoms with van der Waals surface area (Å²) in [5.41, 5.74) is 0. The molecule has 4 rings (SSSR count). The summed E-state index contributed by atoms with van der Waals surface area (Å²) in [5.74, 6) is 3.41. The fraction of sp³-hybridized carbons (Fsp3) is 0.944. The first kappa shape index (κ1) is 14.0. The van der Waals surface area contributed by atoms with Gasteiger partial charge in [-0.1, -0.05) is 25.7 Å². The second-order valence-corrected chi connectivity index (χ2v) is 8.00. The van der Waals surface area contributed by atoms with Crippen LogP contribution in [0.2, 0.25) is 0 Å². The third-order valence-corrected chi connectivity index (χ3v) is 6.86. The van der Waals surface area contributed by atoms with E-state index in [0.29, 0.717) is 17.9 Å². The van der Waals surface area contributed by atoms with E-state index in [1.807, 2.05) is 0 Å². The summed E-state index contributed by atoms with van der Waals surface area (Å²) in [4.78, 5) is 15.1. The molecule has 21 heavy (non-hydrogen) atoms. The zero-order valence-corrected chi connectivity index (χ0v) is 13.2. The van der Waals surface area contributed by atoms with Gasteiger partial charge in [0.15, 0.2) is 0 Å². The number of rotatable bonds is 1. The maximum atomic E-state index is 12.9. The average molecular weight is 290 g/mol. The van der Waals surface area contributed by atoms with Gasteiger partial charge in [0.25, 0.3) is 0 Å². The SMILES string of the molecule is O=C(C1CCC2CCCCC2C1)N1CCC2NCCC2C1. The van der Waals surface area contributed by atoms with Crippen molar-refractivity contribution < 1.29 is 4.79 Å². The lowest BCUT2D eigenvalue weighted by atomic mass is 9.67. The number of amides is 1. The molecule has 3 nitrogen and oxygen atoms in total. The van der Waals surface area contributed by atoms with Gasteiger partial charge in [0, 0.05) is 25.0 Å². The van der Waals surface area contributed by atoms with E-state index in [4.69, 9.17) is 0 Å². The van der Waals surface area contributed by atoms with Gasteiger partial charge in [-0.2, -0.15) is 0 Å². The Hall–Kier alpha value is -0.570. The highest BCUT2D eigenvalue weighted by atomic mass is 16.2. The Labute approximate surface area is 128 Å². The molecule has 0 spiro atoms. The van der Waals surface area contributed by atoms with Crippen molar-refractivity contribution in [3.63, 3.8) is 0 Å². The zero-order valence-electron chi connectivity index (χ0n) is 13.2. The predicted octanol–water partition coefficient (Wildman–Crippen LogP) is 2.80. The molecule has 5 atom stereocenters. The van der Waals surface area contributed by atoms with Gasteiger partial charge in [-0.15, -0.1) is 0 Å². The molecule has 0 aromatic heterocycles. The fourth-order valence-electron chi connectivity index (χ4n) is 5.60. The maximum Gasteiger partial charge on any atom is 0.225 e. The van der Waals surface area contributed by atoms with Crippen LogP contribution in [-0.4, -0.2) is 36.5 Å². The summed E-state index contributed by atoms with van der Waals surface area (Å²) in [5, 5.41) is 3.60. The maximum absolute atomic E-state index is 12.9. The van der Waals surface area contributed by atoms with Crippen molar-refractivity contribution in [1.29, 1.82) is 0 Å². The highest BCUT2D eigenvalue weighted by Crippen LogP contribution is 2.43. The number of hydrogen-bond acceptors (Lipinski definition) is 2. The van der Waals surface area contributed by atoms with E-state index in [0.717, 1.165) is 37.4 Å². The van der Waals surface area contributed by atoms with Crippen molar-refractivity contribution in [3.05, 3.63) is 0 Å². The van der Waals surface area contributed by atoms with Crippen LogP contribution < -0.4 is 5.32 Å². The van der Waals surface area contributed by atoms with Crippen LogP contribution in [0.5, 0.6) is 0 Å². The number of fused-ring (bicyclic) bond motifs is 2. The lowest BCUT2D eigenvalue weighted by Gasteiger charge is -2.42. The van der Waals surface area contributed by atoms with Crippen molar-refractivity contribution >= 4 is 5.91 Å². The van der Waals surface area contributed by atoms with Crippen LogP contribution in [0.1, 0.15) is 57.8 Å². The lowest BCUT2D eigenvalue weighted by molar-refractivity contribution is -0.139. The number of carbonyl (C=O) groups excluding carboxylic acids is 1. The topological polar surface area (TPSA) is 32.3 Å². The summed E-state index contributed by atoms with van der Waals surface area (Å²) in [6.45, 7) is 3.18. The van der Waals surface area contributed by atoms with E-state index in [1.54, 1.807) is 0 Å². The first-order valence-corrected chi connectivity index (χ1v) is 9.33. The van der Waals surface area contributed by atoms with E-state index < -0.39 is 0 Å². The zero-order chi connectivity index (χ0) is 14.2. The molecule has 2 aliphatic carbocycles. The van der Waals surface area contributed by atoms with E-state index in [2.05, 4.69) is 10.2 Å². The molecule has 4 fully saturated rings. The van der Waals surface area contributed by atoms with Gasteiger partial charge >= 0.3 is 0 Å². The second-order valence-electron chi connectivity index (χ2n) is 8.00. The number of piperidine rings is 1. The Kier molecular flexibility index (Phi) is 3.95. The molecule has 0 aromatic rings. The quantitative estimate of drug-likeness (QED) is 0.805.